The first kappa shape index (κ1) is 12.0. The molecule has 0 bridgehead atoms. The van der Waals surface area contributed by atoms with E-state index < -0.39 is 10.0 Å². The van der Waals surface area contributed by atoms with E-state index in [4.69, 9.17) is 4.74 Å². The Morgan fingerprint density at radius 3 is 2.76 bits per heavy atom. The van der Waals surface area contributed by atoms with Crippen LogP contribution in [-0.4, -0.2) is 21.3 Å². The van der Waals surface area contributed by atoms with Gasteiger partial charge >= 0.3 is 0 Å². The average Bonchev–Trinajstić information content (AvgIpc) is 2.27. The van der Waals surface area contributed by atoms with Crippen molar-refractivity contribution in [1.82, 2.24) is 0 Å². The number of anilines is 1. The number of allylic oxidation sites excluding steroid dienone is 1. The first-order valence-electron chi connectivity index (χ1n) is 5.45. The van der Waals surface area contributed by atoms with Gasteiger partial charge in [-0.1, -0.05) is 25.1 Å². The lowest BCUT2D eigenvalue weighted by Gasteiger charge is -2.31. The Morgan fingerprint density at radius 1 is 1.41 bits per heavy atom. The maximum absolute atomic E-state index is 11.9. The largest absolute Gasteiger partial charge is 0.485 e. The minimum atomic E-state index is -3.33. The fourth-order valence-corrected chi connectivity index (χ4v) is 2.94. The zero-order valence-corrected chi connectivity index (χ0v) is 10.7. The number of ether oxygens (including phenoxy) is 1. The average molecular weight is 253 g/mol. The molecule has 1 aromatic rings. The second-order valence-corrected chi connectivity index (χ2v) is 5.72. The molecule has 0 amide bonds. The highest BCUT2D eigenvalue weighted by Gasteiger charge is 2.28. The molecule has 0 saturated carbocycles. The van der Waals surface area contributed by atoms with Crippen molar-refractivity contribution >= 4 is 15.7 Å². The summed E-state index contributed by atoms with van der Waals surface area (Å²) in [6.45, 7) is 2.26. The number of sulfonamides is 1. The molecule has 0 spiro atoms. The number of fused-ring (bicyclic) bond motifs is 1. The molecule has 0 atom stereocenters. The summed E-state index contributed by atoms with van der Waals surface area (Å²) in [6, 6.07) is 7.15. The Morgan fingerprint density at radius 2 is 2.12 bits per heavy atom. The summed E-state index contributed by atoms with van der Waals surface area (Å²) in [7, 11) is -3.33. The number of benzene rings is 1. The molecule has 0 radical (unpaired) electrons. The molecular formula is C12H15NO3S. The molecule has 0 unspecified atom stereocenters. The van der Waals surface area contributed by atoms with Crippen molar-refractivity contribution in [2.75, 3.05) is 17.2 Å². The van der Waals surface area contributed by atoms with Crippen molar-refractivity contribution in [3.05, 3.63) is 36.0 Å². The molecule has 0 aromatic heterocycles. The first-order valence-corrected chi connectivity index (χ1v) is 7.30. The summed E-state index contributed by atoms with van der Waals surface area (Å²) < 4.78 is 30.6. The topological polar surface area (TPSA) is 46.6 Å². The normalized spacial score (nSPS) is 17.8. The minimum Gasteiger partial charge on any atom is -0.485 e. The fraction of sp³-hybridized carbons (Fsp3) is 0.333. The van der Waals surface area contributed by atoms with Crippen LogP contribution in [0.3, 0.4) is 0 Å². The van der Waals surface area contributed by atoms with Crippen LogP contribution >= 0.6 is 0 Å². The SMILES string of the molecule is CC/C=C1/COc2ccccc2N1S(C)(=O)=O. The van der Waals surface area contributed by atoms with E-state index >= 15 is 0 Å². The highest BCUT2D eigenvalue weighted by molar-refractivity contribution is 7.92. The van der Waals surface area contributed by atoms with Gasteiger partial charge in [0.1, 0.15) is 12.4 Å². The first-order chi connectivity index (χ1) is 8.04. The van der Waals surface area contributed by atoms with Gasteiger partial charge in [0.05, 0.1) is 17.6 Å². The van der Waals surface area contributed by atoms with Gasteiger partial charge < -0.3 is 4.74 Å². The maximum Gasteiger partial charge on any atom is 0.236 e. The second-order valence-electron chi connectivity index (χ2n) is 3.89. The Labute approximate surface area is 102 Å². The van der Waals surface area contributed by atoms with Gasteiger partial charge in [-0.05, 0) is 18.6 Å². The van der Waals surface area contributed by atoms with Crippen molar-refractivity contribution < 1.29 is 13.2 Å². The van der Waals surface area contributed by atoms with Crippen LogP contribution < -0.4 is 9.04 Å². The molecule has 0 fully saturated rings. The number of hydrogen-bond donors (Lipinski definition) is 0. The van der Waals surface area contributed by atoms with Gasteiger partial charge in [-0.15, -0.1) is 0 Å². The zero-order chi connectivity index (χ0) is 12.5. The van der Waals surface area contributed by atoms with E-state index in [-0.39, 0.29) is 6.61 Å². The quantitative estimate of drug-likeness (QED) is 0.811. The van der Waals surface area contributed by atoms with Crippen LogP contribution in [0.15, 0.2) is 36.0 Å². The lowest BCUT2D eigenvalue weighted by atomic mass is 10.2. The Balaban J connectivity index is 2.58. The molecule has 1 aromatic carbocycles. The Kier molecular flexibility index (Phi) is 3.11. The van der Waals surface area contributed by atoms with E-state index in [0.717, 1.165) is 6.42 Å². The molecule has 2 rings (SSSR count). The molecule has 0 N–H and O–H groups in total. The lowest BCUT2D eigenvalue weighted by Crippen LogP contribution is -2.35. The summed E-state index contributed by atoms with van der Waals surface area (Å²) in [6.07, 6.45) is 3.85. The van der Waals surface area contributed by atoms with Crippen molar-refractivity contribution in [3.8, 4) is 5.75 Å². The van der Waals surface area contributed by atoms with E-state index in [9.17, 15) is 8.42 Å². The maximum atomic E-state index is 11.9. The highest BCUT2D eigenvalue weighted by Crippen LogP contribution is 2.36. The van der Waals surface area contributed by atoms with Crippen LogP contribution in [0.25, 0.3) is 0 Å². The third-order valence-corrected chi connectivity index (χ3v) is 3.59. The number of rotatable bonds is 2. The van der Waals surface area contributed by atoms with E-state index in [1.165, 1.54) is 10.6 Å². The van der Waals surface area contributed by atoms with Crippen LogP contribution in [0.4, 0.5) is 5.69 Å². The van der Waals surface area contributed by atoms with E-state index in [0.29, 0.717) is 17.1 Å². The Hall–Kier alpha value is -1.49. The van der Waals surface area contributed by atoms with Crippen LogP contribution in [0.5, 0.6) is 5.75 Å². The molecular weight excluding hydrogens is 238 g/mol. The van der Waals surface area contributed by atoms with Gasteiger partial charge in [0.2, 0.25) is 10.0 Å². The molecule has 5 heteroatoms. The third kappa shape index (κ3) is 2.29. The lowest BCUT2D eigenvalue weighted by molar-refractivity contribution is 0.340. The predicted molar refractivity (Wildman–Crippen MR) is 67.6 cm³/mol. The van der Waals surface area contributed by atoms with E-state index in [2.05, 4.69) is 0 Å². The molecule has 17 heavy (non-hydrogen) atoms. The van der Waals surface area contributed by atoms with Gasteiger partial charge in [0, 0.05) is 0 Å². The van der Waals surface area contributed by atoms with Gasteiger partial charge in [-0.25, -0.2) is 12.7 Å². The molecule has 1 heterocycles. The number of nitrogens with zero attached hydrogens (tertiary/aromatic N) is 1. The summed E-state index contributed by atoms with van der Waals surface area (Å²) in [5, 5.41) is 0. The van der Waals surface area contributed by atoms with E-state index in [1.54, 1.807) is 18.2 Å². The predicted octanol–water partition coefficient (Wildman–Crippen LogP) is 2.14. The van der Waals surface area contributed by atoms with Crippen molar-refractivity contribution in [1.29, 1.82) is 0 Å². The fourth-order valence-electron chi connectivity index (χ4n) is 1.88. The third-order valence-electron chi connectivity index (χ3n) is 2.49. The van der Waals surface area contributed by atoms with E-state index in [1.807, 2.05) is 19.1 Å². The molecule has 0 saturated heterocycles. The van der Waals surface area contributed by atoms with Gasteiger partial charge in [-0.2, -0.15) is 0 Å². The standard InChI is InChI=1S/C12H15NO3S/c1-3-6-10-9-16-12-8-5-4-7-11(12)13(10)17(2,14)15/h4-8H,3,9H2,1-2H3/b10-6-. The van der Waals surface area contributed by atoms with Crippen LogP contribution in [-0.2, 0) is 10.0 Å². The van der Waals surface area contributed by atoms with Crippen molar-refractivity contribution in [2.45, 2.75) is 13.3 Å². The summed E-state index contributed by atoms with van der Waals surface area (Å²) in [4.78, 5) is 0. The molecule has 4 nitrogen and oxygen atoms in total. The molecule has 1 aliphatic rings. The summed E-state index contributed by atoms with van der Waals surface area (Å²) in [5.74, 6) is 0.603. The number of para-hydroxylation sites is 2. The van der Waals surface area contributed by atoms with Crippen LogP contribution in [0.1, 0.15) is 13.3 Å². The van der Waals surface area contributed by atoms with Crippen molar-refractivity contribution in [2.24, 2.45) is 0 Å². The summed E-state index contributed by atoms with van der Waals surface area (Å²) in [5.41, 5.74) is 1.26. The van der Waals surface area contributed by atoms with Gasteiger partial charge in [0.15, 0.2) is 0 Å². The molecule has 1 aliphatic heterocycles. The van der Waals surface area contributed by atoms with Crippen LogP contribution in [0, 0.1) is 0 Å². The van der Waals surface area contributed by atoms with Crippen LogP contribution in [0.2, 0.25) is 0 Å². The second kappa shape index (κ2) is 4.41. The Bertz CT molecular complexity index is 549. The van der Waals surface area contributed by atoms with Gasteiger partial charge in [0.25, 0.3) is 0 Å². The molecule has 92 valence electrons. The molecule has 0 aliphatic carbocycles. The van der Waals surface area contributed by atoms with Crippen molar-refractivity contribution in [3.63, 3.8) is 0 Å². The summed E-state index contributed by atoms with van der Waals surface area (Å²) >= 11 is 0. The minimum absolute atomic E-state index is 0.290. The highest BCUT2D eigenvalue weighted by atomic mass is 32.2. The monoisotopic (exact) mass is 253 g/mol. The number of hydrogen-bond acceptors (Lipinski definition) is 3. The zero-order valence-electron chi connectivity index (χ0n) is 9.88. The smallest absolute Gasteiger partial charge is 0.236 e. The van der Waals surface area contributed by atoms with Gasteiger partial charge in [-0.3, -0.25) is 0 Å².